The molecule has 0 aromatic carbocycles. The maximum atomic E-state index is 12.5. The van der Waals surface area contributed by atoms with E-state index in [2.05, 4.69) is 5.32 Å². The smallest absolute Gasteiger partial charge is 0.245 e. The molecule has 1 fully saturated rings. The number of halogens is 1. The molecule has 1 saturated heterocycles. The second-order valence-electron chi connectivity index (χ2n) is 4.52. The molecule has 17 heavy (non-hydrogen) atoms. The minimum atomic E-state index is -0.609. The van der Waals surface area contributed by atoms with E-state index in [9.17, 15) is 14.0 Å². The monoisotopic (exact) mass is 244 g/mol. The molecule has 0 aromatic rings. The number of piperazine rings is 1. The molecule has 3 atom stereocenters. The van der Waals surface area contributed by atoms with Gasteiger partial charge in [0.25, 0.3) is 0 Å². The first-order valence-corrected chi connectivity index (χ1v) is 6.23. The molecule has 1 aliphatic rings. The normalized spacial score (nSPS) is 26.9. The first-order valence-electron chi connectivity index (χ1n) is 6.23. The number of nitrogens with zero attached hydrogens (tertiary/aromatic N) is 1. The Morgan fingerprint density at radius 2 is 2.06 bits per heavy atom. The Hall–Kier alpha value is -1.13. The number of carbonyl (C=O) groups excluding carboxylic acids is 2. The van der Waals surface area contributed by atoms with Crippen LogP contribution in [0.15, 0.2) is 0 Å². The van der Waals surface area contributed by atoms with Gasteiger partial charge in [-0.2, -0.15) is 0 Å². The predicted octanol–water partition coefficient (Wildman–Crippen LogP) is 1.11. The third kappa shape index (κ3) is 2.76. The Labute approximate surface area is 102 Å². The molecule has 3 unspecified atom stereocenters. The van der Waals surface area contributed by atoms with Crippen LogP contribution < -0.4 is 5.32 Å². The van der Waals surface area contributed by atoms with Crippen molar-refractivity contribution >= 4 is 11.8 Å². The van der Waals surface area contributed by atoms with Crippen LogP contribution in [0, 0.1) is 5.92 Å². The van der Waals surface area contributed by atoms with Crippen LogP contribution in [0.3, 0.4) is 0 Å². The molecule has 1 heterocycles. The maximum absolute atomic E-state index is 12.5. The third-order valence-electron chi connectivity index (χ3n) is 3.42. The maximum Gasteiger partial charge on any atom is 0.245 e. The van der Waals surface area contributed by atoms with Crippen molar-refractivity contribution in [3.8, 4) is 0 Å². The fourth-order valence-corrected chi connectivity index (χ4v) is 2.20. The van der Waals surface area contributed by atoms with E-state index in [4.69, 9.17) is 0 Å². The number of rotatable bonds is 5. The molecule has 1 aliphatic heterocycles. The molecule has 2 amide bonds. The molecule has 0 radical (unpaired) electrons. The fourth-order valence-electron chi connectivity index (χ4n) is 2.20. The van der Waals surface area contributed by atoms with E-state index in [-0.39, 0.29) is 24.3 Å². The number of amides is 2. The van der Waals surface area contributed by atoms with Gasteiger partial charge in [0.15, 0.2) is 0 Å². The van der Waals surface area contributed by atoms with Gasteiger partial charge in [-0.1, -0.05) is 27.2 Å². The van der Waals surface area contributed by atoms with Crippen LogP contribution in [0.4, 0.5) is 4.39 Å². The molecular weight excluding hydrogens is 223 g/mol. The molecule has 0 aliphatic carbocycles. The van der Waals surface area contributed by atoms with Gasteiger partial charge in [0.05, 0.1) is 0 Å². The molecule has 1 rings (SSSR count). The van der Waals surface area contributed by atoms with E-state index in [0.717, 1.165) is 6.42 Å². The lowest BCUT2D eigenvalue weighted by Crippen LogP contribution is -2.65. The zero-order chi connectivity index (χ0) is 13.0. The van der Waals surface area contributed by atoms with E-state index in [0.29, 0.717) is 6.42 Å². The molecule has 0 bridgehead atoms. The van der Waals surface area contributed by atoms with E-state index in [1.165, 1.54) is 4.90 Å². The summed E-state index contributed by atoms with van der Waals surface area (Å²) in [5.74, 6) is -0.266. The van der Waals surface area contributed by atoms with E-state index >= 15 is 0 Å². The van der Waals surface area contributed by atoms with Gasteiger partial charge >= 0.3 is 0 Å². The summed E-state index contributed by atoms with van der Waals surface area (Å²) >= 11 is 0. The van der Waals surface area contributed by atoms with E-state index < -0.39 is 18.8 Å². The van der Waals surface area contributed by atoms with Crippen LogP contribution in [-0.4, -0.2) is 42.0 Å². The molecule has 0 saturated carbocycles. The summed E-state index contributed by atoms with van der Waals surface area (Å²) in [7, 11) is 0. The highest BCUT2D eigenvalue weighted by Gasteiger charge is 2.41. The molecule has 4 nitrogen and oxygen atoms in total. The second-order valence-corrected chi connectivity index (χ2v) is 4.52. The van der Waals surface area contributed by atoms with Crippen molar-refractivity contribution in [2.75, 3.05) is 13.2 Å². The molecule has 98 valence electrons. The minimum Gasteiger partial charge on any atom is -0.343 e. The molecule has 0 spiro atoms. The third-order valence-corrected chi connectivity index (χ3v) is 3.42. The highest BCUT2D eigenvalue weighted by atomic mass is 19.1. The van der Waals surface area contributed by atoms with Gasteiger partial charge in [-0.15, -0.1) is 0 Å². The van der Waals surface area contributed by atoms with Gasteiger partial charge in [0.2, 0.25) is 11.8 Å². The SMILES string of the molecule is CCC1NC(=O)C(C(C)CC)N(CCF)C1=O. The van der Waals surface area contributed by atoms with Gasteiger partial charge in [-0.3, -0.25) is 9.59 Å². The minimum absolute atomic E-state index is 0.0117. The highest BCUT2D eigenvalue weighted by molar-refractivity contribution is 5.97. The first kappa shape index (κ1) is 13.9. The summed E-state index contributed by atoms with van der Waals surface area (Å²) < 4.78 is 12.5. The molecule has 5 heteroatoms. The first-order chi connectivity index (χ1) is 8.06. The van der Waals surface area contributed by atoms with Crippen LogP contribution in [0.2, 0.25) is 0 Å². The van der Waals surface area contributed by atoms with Crippen LogP contribution in [0.1, 0.15) is 33.6 Å². The standard InChI is InChI=1S/C12H21FN2O2/c1-4-8(3)10-11(16)14-9(5-2)12(17)15(10)7-6-13/h8-10H,4-7H2,1-3H3,(H,14,16). The number of hydrogen-bond acceptors (Lipinski definition) is 2. The van der Waals surface area contributed by atoms with Crippen LogP contribution in [0.25, 0.3) is 0 Å². The number of hydrogen-bond donors (Lipinski definition) is 1. The quantitative estimate of drug-likeness (QED) is 0.787. The van der Waals surface area contributed by atoms with Crippen molar-refractivity contribution in [1.29, 1.82) is 0 Å². The summed E-state index contributed by atoms with van der Waals surface area (Å²) in [6.45, 7) is 5.11. The average molecular weight is 244 g/mol. The Morgan fingerprint density at radius 3 is 2.53 bits per heavy atom. The van der Waals surface area contributed by atoms with Crippen molar-refractivity contribution in [2.24, 2.45) is 5.92 Å². The highest BCUT2D eigenvalue weighted by Crippen LogP contribution is 2.20. The Bertz CT molecular complexity index is 296. The van der Waals surface area contributed by atoms with Gasteiger partial charge in [0, 0.05) is 6.54 Å². The van der Waals surface area contributed by atoms with Crippen LogP contribution in [-0.2, 0) is 9.59 Å². The van der Waals surface area contributed by atoms with Gasteiger partial charge in [0.1, 0.15) is 18.8 Å². The number of alkyl halides is 1. The van der Waals surface area contributed by atoms with Gasteiger partial charge < -0.3 is 10.2 Å². The van der Waals surface area contributed by atoms with Gasteiger partial charge in [-0.05, 0) is 12.3 Å². The topological polar surface area (TPSA) is 49.4 Å². The van der Waals surface area contributed by atoms with Crippen molar-refractivity contribution in [2.45, 2.75) is 45.7 Å². The number of carbonyl (C=O) groups is 2. The fraction of sp³-hybridized carbons (Fsp3) is 0.833. The van der Waals surface area contributed by atoms with Crippen molar-refractivity contribution in [1.82, 2.24) is 10.2 Å². The lowest BCUT2D eigenvalue weighted by molar-refractivity contribution is -0.151. The summed E-state index contributed by atoms with van der Waals surface area (Å²) in [4.78, 5) is 25.4. The number of nitrogens with one attached hydrogen (secondary N) is 1. The summed E-state index contributed by atoms with van der Waals surface area (Å²) in [6.07, 6.45) is 1.32. The lowest BCUT2D eigenvalue weighted by Gasteiger charge is -2.40. The molecular formula is C12H21FN2O2. The largest absolute Gasteiger partial charge is 0.343 e. The zero-order valence-corrected chi connectivity index (χ0v) is 10.7. The summed E-state index contributed by atoms with van der Waals surface area (Å²) in [5, 5.41) is 2.72. The predicted molar refractivity (Wildman–Crippen MR) is 63.2 cm³/mol. The van der Waals surface area contributed by atoms with Crippen LogP contribution in [0.5, 0.6) is 0 Å². The zero-order valence-electron chi connectivity index (χ0n) is 10.7. The van der Waals surface area contributed by atoms with E-state index in [1.54, 1.807) is 0 Å². The Balaban J connectivity index is 2.93. The Kier molecular flexibility index (Phi) is 4.90. The average Bonchev–Trinajstić information content (AvgIpc) is 2.33. The summed E-state index contributed by atoms with van der Waals surface area (Å²) in [5.41, 5.74) is 0. The Morgan fingerprint density at radius 1 is 1.41 bits per heavy atom. The lowest BCUT2D eigenvalue weighted by atomic mass is 9.93. The van der Waals surface area contributed by atoms with E-state index in [1.807, 2.05) is 20.8 Å². The van der Waals surface area contributed by atoms with Crippen molar-refractivity contribution < 1.29 is 14.0 Å². The molecule has 1 N–H and O–H groups in total. The van der Waals surface area contributed by atoms with Crippen molar-refractivity contribution in [3.63, 3.8) is 0 Å². The van der Waals surface area contributed by atoms with Crippen molar-refractivity contribution in [3.05, 3.63) is 0 Å². The second kappa shape index (κ2) is 5.98. The summed E-state index contributed by atoms with van der Waals surface area (Å²) in [6, 6.07) is -1.01. The van der Waals surface area contributed by atoms with Gasteiger partial charge in [-0.25, -0.2) is 4.39 Å². The molecule has 0 aromatic heterocycles. The van der Waals surface area contributed by atoms with Crippen LogP contribution >= 0.6 is 0 Å².